The zero-order valence-corrected chi connectivity index (χ0v) is 11.8. The first kappa shape index (κ1) is 14.3. The summed E-state index contributed by atoms with van der Waals surface area (Å²) < 4.78 is 28.2. The van der Waals surface area contributed by atoms with Crippen LogP contribution in [0.1, 0.15) is 29.5 Å². The quantitative estimate of drug-likeness (QED) is 0.785. The molecule has 19 heavy (non-hydrogen) atoms. The number of hydrogen-bond donors (Lipinski definition) is 2. The molecule has 0 bridgehead atoms. The predicted octanol–water partition coefficient (Wildman–Crippen LogP) is 0.418. The topological polar surface area (TPSA) is 101 Å². The monoisotopic (exact) mass is 307 g/mol. The zero-order valence-electron chi connectivity index (χ0n) is 10.3. The van der Waals surface area contributed by atoms with Gasteiger partial charge in [-0.15, -0.1) is 0 Å². The van der Waals surface area contributed by atoms with E-state index in [9.17, 15) is 13.2 Å². The van der Waals surface area contributed by atoms with Gasteiger partial charge in [0.1, 0.15) is 4.90 Å². The number of H-pyrrole nitrogens is 1. The van der Waals surface area contributed by atoms with Crippen molar-refractivity contribution in [2.24, 2.45) is 0 Å². The van der Waals surface area contributed by atoms with Crippen LogP contribution in [0, 0.1) is 0 Å². The van der Waals surface area contributed by atoms with Gasteiger partial charge in [-0.05, 0) is 12.8 Å². The summed E-state index contributed by atoms with van der Waals surface area (Å²) in [4.78, 5) is 11.8. The van der Waals surface area contributed by atoms with Crippen molar-refractivity contribution in [2.45, 2.75) is 30.7 Å². The van der Waals surface area contributed by atoms with Gasteiger partial charge in [0, 0.05) is 17.3 Å². The van der Waals surface area contributed by atoms with E-state index >= 15 is 0 Å². The van der Waals surface area contributed by atoms with E-state index in [1.807, 2.05) is 0 Å². The van der Waals surface area contributed by atoms with Crippen molar-refractivity contribution in [1.29, 1.82) is 0 Å². The summed E-state index contributed by atoms with van der Waals surface area (Å²) >= 11 is 0. The van der Waals surface area contributed by atoms with Crippen molar-refractivity contribution in [3.63, 3.8) is 0 Å². The third-order valence-electron chi connectivity index (χ3n) is 2.87. The molecule has 9 heteroatoms. The second-order valence-electron chi connectivity index (χ2n) is 4.21. The van der Waals surface area contributed by atoms with Crippen LogP contribution in [-0.4, -0.2) is 43.8 Å². The fourth-order valence-electron chi connectivity index (χ4n) is 1.93. The molecule has 2 N–H and O–H groups in total. The Morgan fingerprint density at radius 3 is 2.89 bits per heavy atom. The highest BCUT2D eigenvalue weighted by Crippen LogP contribution is 2.23. The van der Waals surface area contributed by atoms with Crippen LogP contribution in [0.3, 0.4) is 0 Å². The van der Waals surface area contributed by atoms with Crippen molar-refractivity contribution in [2.75, 3.05) is 13.2 Å². The van der Waals surface area contributed by atoms with Crippen molar-refractivity contribution < 1.29 is 17.9 Å². The lowest BCUT2D eigenvalue weighted by Gasteiger charge is -2.09. The van der Waals surface area contributed by atoms with Crippen molar-refractivity contribution >= 4 is 25.6 Å². The molecule has 1 atom stereocenters. The van der Waals surface area contributed by atoms with E-state index in [1.54, 1.807) is 6.92 Å². The van der Waals surface area contributed by atoms with Crippen LogP contribution >= 0.6 is 10.7 Å². The first-order chi connectivity index (χ1) is 8.93. The molecule has 0 radical (unpaired) electrons. The van der Waals surface area contributed by atoms with Crippen LogP contribution in [0.5, 0.6) is 0 Å². The van der Waals surface area contributed by atoms with Crippen molar-refractivity contribution in [3.05, 3.63) is 11.4 Å². The molecule has 1 unspecified atom stereocenters. The van der Waals surface area contributed by atoms with E-state index in [-0.39, 0.29) is 16.6 Å². The van der Waals surface area contributed by atoms with Crippen LogP contribution in [0.15, 0.2) is 4.90 Å². The molecule has 1 fully saturated rings. The molecule has 106 valence electrons. The number of aryl methyl sites for hydroxylation is 1. The Morgan fingerprint density at radius 1 is 1.63 bits per heavy atom. The summed E-state index contributed by atoms with van der Waals surface area (Å²) in [5.74, 6) is -0.564. The second-order valence-corrected chi connectivity index (χ2v) is 6.71. The van der Waals surface area contributed by atoms with E-state index in [0.29, 0.717) is 31.7 Å². The maximum atomic E-state index is 12.0. The summed E-state index contributed by atoms with van der Waals surface area (Å²) in [6.45, 7) is 2.73. The SMILES string of the molecule is CCc1[nH]nc(C(=O)NC2CCOC2)c1S(=O)(=O)Cl. The molecule has 2 heterocycles. The minimum Gasteiger partial charge on any atom is -0.379 e. The van der Waals surface area contributed by atoms with Gasteiger partial charge in [-0.2, -0.15) is 5.10 Å². The van der Waals surface area contributed by atoms with E-state index in [4.69, 9.17) is 15.4 Å². The molecule has 2 rings (SSSR count). The molecule has 1 aromatic heterocycles. The summed E-state index contributed by atoms with van der Waals surface area (Å²) in [6.07, 6.45) is 1.08. The molecule has 7 nitrogen and oxygen atoms in total. The van der Waals surface area contributed by atoms with Gasteiger partial charge in [0.25, 0.3) is 15.0 Å². The van der Waals surface area contributed by atoms with Crippen LogP contribution in [0.25, 0.3) is 0 Å². The van der Waals surface area contributed by atoms with Gasteiger partial charge in [-0.3, -0.25) is 9.89 Å². The third-order valence-corrected chi connectivity index (χ3v) is 4.26. The fraction of sp³-hybridized carbons (Fsp3) is 0.600. The van der Waals surface area contributed by atoms with Gasteiger partial charge in [0.05, 0.1) is 18.3 Å². The Morgan fingerprint density at radius 2 is 2.37 bits per heavy atom. The van der Waals surface area contributed by atoms with Crippen molar-refractivity contribution in [1.82, 2.24) is 15.5 Å². The molecule has 1 saturated heterocycles. The number of carbonyl (C=O) groups excluding carboxylic acids is 1. The van der Waals surface area contributed by atoms with E-state index in [0.717, 1.165) is 0 Å². The first-order valence-electron chi connectivity index (χ1n) is 5.84. The highest BCUT2D eigenvalue weighted by Gasteiger charge is 2.29. The molecule has 0 aromatic carbocycles. The molecular weight excluding hydrogens is 294 g/mol. The maximum absolute atomic E-state index is 12.0. The molecule has 0 spiro atoms. The van der Waals surface area contributed by atoms with Crippen LogP contribution in [-0.2, 0) is 20.2 Å². The minimum absolute atomic E-state index is 0.125. The lowest BCUT2D eigenvalue weighted by atomic mass is 10.2. The Balaban J connectivity index is 2.29. The van der Waals surface area contributed by atoms with Gasteiger partial charge in [-0.25, -0.2) is 8.42 Å². The molecular formula is C10H14ClN3O4S. The van der Waals surface area contributed by atoms with E-state index in [2.05, 4.69) is 15.5 Å². The normalized spacial score (nSPS) is 19.6. The van der Waals surface area contributed by atoms with Crippen LogP contribution in [0.4, 0.5) is 0 Å². The lowest BCUT2D eigenvalue weighted by molar-refractivity contribution is 0.0921. The maximum Gasteiger partial charge on any atom is 0.273 e. The average molecular weight is 308 g/mol. The molecule has 1 amide bonds. The van der Waals surface area contributed by atoms with E-state index in [1.165, 1.54) is 0 Å². The molecule has 0 saturated carbocycles. The number of nitrogens with zero attached hydrogens (tertiary/aromatic N) is 1. The smallest absolute Gasteiger partial charge is 0.273 e. The van der Waals surface area contributed by atoms with Gasteiger partial charge in [-0.1, -0.05) is 6.92 Å². The number of hydrogen-bond acceptors (Lipinski definition) is 5. The molecule has 1 aliphatic rings. The number of rotatable bonds is 4. The Labute approximate surface area is 115 Å². The number of nitrogens with one attached hydrogen (secondary N) is 2. The predicted molar refractivity (Wildman–Crippen MR) is 67.7 cm³/mol. The lowest BCUT2D eigenvalue weighted by Crippen LogP contribution is -2.35. The highest BCUT2D eigenvalue weighted by atomic mass is 35.7. The summed E-state index contributed by atoms with van der Waals surface area (Å²) in [6, 6.07) is -0.125. The number of amides is 1. The van der Waals surface area contributed by atoms with Gasteiger partial charge in [0.2, 0.25) is 0 Å². The average Bonchev–Trinajstić information content (AvgIpc) is 2.95. The summed E-state index contributed by atoms with van der Waals surface area (Å²) in [5.41, 5.74) is 0.126. The Kier molecular flexibility index (Phi) is 4.12. The number of halogens is 1. The van der Waals surface area contributed by atoms with Gasteiger partial charge < -0.3 is 10.1 Å². The summed E-state index contributed by atoms with van der Waals surface area (Å²) in [5, 5.41) is 8.96. The zero-order chi connectivity index (χ0) is 14.0. The standard InChI is InChI=1S/C10H14ClN3O4S/c1-2-7-9(19(11,16)17)8(14-13-7)10(15)12-6-3-4-18-5-6/h6H,2-5H2,1H3,(H,12,15)(H,13,14). The van der Waals surface area contributed by atoms with Crippen molar-refractivity contribution in [3.8, 4) is 0 Å². The molecule has 0 aliphatic carbocycles. The van der Waals surface area contributed by atoms with Crippen LogP contribution < -0.4 is 5.32 Å². The third kappa shape index (κ3) is 3.07. The Bertz CT molecular complexity index is 578. The number of carbonyl (C=O) groups is 1. The number of aromatic amines is 1. The summed E-state index contributed by atoms with van der Waals surface area (Å²) in [7, 11) is 1.33. The fourth-order valence-corrected chi connectivity index (χ4v) is 3.28. The highest BCUT2D eigenvalue weighted by molar-refractivity contribution is 8.13. The molecule has 1 aliphatic heterocycles. The second kappa shape index (κ2) is 5.48. The largest absolute Gasteiger partial charge is 0.379 e. The minimum atomic E-state index is -4.03. The van der Waals surface area contributed by atoms with Gasteiger partial charge >= 0.3 is 0 Å². The van der Waals surface area contributed by atoms with E-state index < -0.39 is 15.0 Å². The Hall–Kier alpha value is -1.12. The first-order valence-corrected chi connectivity index (χ1v) is 8.15. The number of aromatic nitrogens is 2. The molecule has 1 aromatic rings. The van der Waals surface area contributed by atoms with Crippen LogP contribution in [0.2, 0.25) is 0 Å². The number of ether oxygens (including phenoxy) is 1. The van der Waals surface area contributed by atoms with Gasteiger partial charge in [0.15, 0.2) is 5.69 Å².